The normalized spacial score (nSPS) is 11.1. The van der Waals surface area contributed by atoms with Gasteiger partial charge in [0.1, 0.15) is 0 Å². The molecule has 1 amide bonds. The number of nitrogens with one attached hydrogen (secondary N) is 2. The van der Waals surface area contributed by atoms with Gasteiger partial charge in [0, 0.05) is 25.6 Å². The molecular weight excluding hydrogens is 334 g/mol. The molecule has 0 aliphatic carbocycles. The summed E-state index contributed by atoms with van der Waals surface area (Å²) in [4.78, 5) is 11.6. The van der Waals surface area contributed by atoms with Crippen LogP contribution in [0.3, 0.4) is 0 Å². The van der Waals surface area contributed by atoms with Crippen LogP contribution < -0.4 is 25.2 Å². The maximum atomic E-state index is 12.2. The van der Waals surface area contributed by atoms with Crippen LogP contribution in [0.1, 0.15) is 19.3 Å². The van der Waals surface area contributed by atoms with Crippen molar-refractivity contribution in [3.63, 3.8) is 0 Å². The van der Waals surface area contributed by atoms with Gasteiger partial charge in [0.15, 0.2) is 11.5 Å². The molecule has 0 bridgehead atoms. The summed E-state index contributed by atoms with van der Waals surface area (Å²) in [5.74, 6) is 0.549. The molecule has 0 unspecified atom stereocenters. The van der Waals surface area contributed by atoms with Gasteiger partial charge in [-0.3, -0.25) is 4.79 Å². The second kappa shape index (κ2) is 10.1. The van der Waals surface area contributed by atoms with Crippen LogP contribution in [0.4, 0.5) is 0 Å². The molecule has 0 aromatic heterocycles. The first-order valence-electron chi connectivity index (χ1n) is 7.63. The molecule has 9 heteroatoms. The molecule has 0 aliphatic rings. The van der Waals surface area contributed by atoms with Gasteiger partial charge >= 0.3 is 0 Å². The fourth-order valence-electron chi connectivity index (χ4n) is 1.95. The summed E-state index contributed by atoms with van der Waals surface area (Å²) in [7, 11) is -0.829. The number of carbonyl (C=O) groups is 1. The van der Waals surface area contributed by atoms with Crippen LogP contribution in [-0.2, 0) is 14.8 Å². The van der Waals surface area contributed by atoms with Gasteiger partial charge in [0.2, 0.25) is 15.9 Å². The van der Waals surface area contributed by atoms with Crippen LogP contribution in [-0.4, -0.2) is 48.2 Å². The van der Waals surface area contributed by atoms with Gasteiger partial charge in [-0.05, 0) is 31.5 Å². The Bertz CT molecular complexity index is 634. The number of hydrogen-bond donors (Lipinski definition) is 3. The van der Waals surface area contributed by atoms with E-state index < -0.39 is 10.0 Å². The monoisotopic (exact) mass is 359 g/mol. The first-order valence-corrected chi connectivity index (χ1v) is 9.11. The largest absolute Gasteiger partial charge is 0.493 e. The Labute approximate surface area is 142 Å². The van der Waals surface area contributed by atoms with Gasteiger partial charge in [-0.25, -0.2) is 13.1 Å². The Kier molecular flexibility index (Phi) is 8.51. The van der Waals surface area contributed by atoms with Crippen LogP contribution in [0.25, 0.3) is 0 Å². The number of benzene rings is 1. The van der Waals surface area contributed by atoms with Crippen LogP contribution in [0.5, 0.6) is 11.5 Å². The minimum Gasteiger partial charge on any atom is -0.493 e. The second-order valence-electron chi connectivity index (χ2n) is 5.01. The number of amides is 1. The molecule has 4 N–H and O–H groups in total. The summed E-state index contributed by atoms with van der Waals surface area (Å²) in [6.07, 6.45) is 1.71. The predicted molar refractivity (Wildman–Crippen MR) is 90.6 cm³/mol. The van der Waals surface area contributed by atoms with Crippen molar-refractivity contribution in [3.05, 3.63) is 18.2 Å². The fraction of sp³-hybridized carbons (Fsp3) is 0.533. The van der Waals surface area contributed by atoms with E-state index >= 15 is 0 Å². The van der Waals surface area contributed by atoms with Crippen molar-refractivity contribution >= 4 is 15.9 Å². The number of ether oxygens (including phenoxy) is 2. The molecule has 0 heterocycles. The van der Waals surface area contributed by atoms with E-state index in [1.54, 1.807) is 0 Å². The molecule has 136 valence electrons. The third-order valence-corrected chi connectivity index (χ3v) is 4.72. The lowest BCUT2D eigenvalue weighted by Crippen LogP contribution is -2.31. The number of carbonyl (C=O) groups excluding carboxylic acids is 1. The number of hydrogen-bond acceptors (Lipinski definition) is 6. The van der Waals surface area contributed by atoms with Crippen molar-refractivity contribution in [2.75, 3.05) is 33.9 Å². The van der Waals surface area contributed by atoms with Crippen molar-refractivity contribution in [2.45, 2.75) is 24.2 Å². The van der Waals surface area contributed by atoms with Crippen molar-refractivity contribution in [3.8, 4) is 11.5 Å². The van der Waals surface area contributed by atoms with Crippen molar-refractivity contribution in [2.24, 2.45) is 5.73 Å². The zero-order valence-corrected chi connectivity index (χ0v) is 14.8. The van der Waals surface area contributed by atoms with Crippen LogP contribution in [0.2, 0.25) is 0 Å². The smallest absolute Gasteiger partial charge is 0.240 e. The quantitative estimate of drug-likeness (QED) is 0.487. The first kappa shape index (κ1) is 20.2. The Morgan fingerprint density at radius 1 is 1.12 bits per heavy atom. The van der Waals surface area contributed by atoms with E-state index in [-0.39, 0.29) is 23.8 Å². The number of nitrogens with two attached hydrogens (primary N) is 1. The van der Waals surface area contributed by atoms with E-state index in [1.807, 2.05) is 0 Å². The number of sulfonamides is 1. The van der Waals surface area contributed by atoms with E-state index in [4.69, 9.17) is 15.2 Å². The highest BCUT2D eigenvalue weighted by Crippen LogP contribution is 2.29. The third kappa shape index (κ3) is 6.34. The van der Waals surface area contributed by atoms with E-state index in [2.05, 4.69) is 10.0 Å². The van der Waals surface area contributed by atoms with Gasteiger partial charge in [0.05, 0.1) is 19.1 Å². The van der Waals surface area contributed by atoms with E-state index in [1.165, 1.54) is 32.4 Å². The molecule has 0 spiro atoms. The molecule has 1 aromatic rings. The summed E-state index contributed by atoms with van der Waals surface area (Å²) in [6, 6.07) is 4.29. The molecule has 0 saturated heterocycles. The molecule has 1 aromatic carbocycles. The molecule has 0 radical (unpaired) electrons. The zero-order valence-electron chi connectivity index (χ0n) is 14.0. The number of rotatable bonds is 11. The molecule has 0 saturated carbocycles. The summed E-state index contributed by atoms with van der Waals surface area (Å²) in [5.41, 5.74) is 5.36. The SMILES string of the molecule is COc1ccc(S(=O)(=O)NCCC(=O)NCCCCN)cc1OC. The van der Waals surface area contributed by atoms with Gasteiger partial charge in [-0.1, -0.05) is 0 Å². The summed E-state index contributed by atoms with van der Waals surface area (Å²) in [5, 5.41) is 2.71. The number of unbranched alkanes of at least 4 members (excludes halogenated alkanes) is 1. The lowest BCUT2D eigenvalue weighted by atomic mass is 10.3. The van der Waals surface area contributed by atoms with E-state index in [9.17, 15) is 13.2 Å². The van der Waals surface area contributed by atoms with Gasteiger partial charge in [-0.2, -0.15) is 0 Å². The summed E-state index contributed by atoms with van der Waals surface area (Å²) < 4.78 is 37.0. The first-order chi connectivity index (χ1) is 11.4. The molecule has 0 aliphatic heterocycles. The molecule has 0 atom stereocenters. The molecule has 8 nitrogen and oxygen atoms in total. The minimum atomic E-state index is -3.72. The zero-order chi connectivity index (χ0) is 18.0. The molecule has 1 rings (SSSR count). The third-order valence-electron chi connectivity index (χ3n) is 3.26. The topological polar surface area (TPSA) is 120 Å². The highest BCUT2D eigenvalue weighted by molar-refractivity contribution is 7.89. The Hall–Kier alpha value is -1.84. The van der Waals surface area contributed by atoms with Crippen molar-refractivity contribution in [1.29, 1.82) is 0 Å². The lowest BCUT2D eigenvalue weighted by molar-refractivity contribution is -0.120. The maximum absolute atomic E-state index is 12.2. The van der Waals surface area contributed by atoms with E-state index in [0.29, 0.717) is 24.6 Å². The lowest BCUT2D eigenvalue weighted by Gasteiger charge is -2.11. The van der Waals surface area contributed by atoms with E-state index in [0.717, 1.165) is 12.8 Å². The van der Waals surface area contributed by atoms with Gasteiger partial charge in [0.25, 0.3) is 0 Å². The van der Waals surface area contributed by atoms with Gasteiger partial charge < -0.3 is 20.5 Å². The summed E-state index contributed by atoms with van der Waals surface area (Å²) in [6.45, 7) is 1.14. The van der Waals surface area contributed by atoms with Crippen LogP contribution in [0, 0.1) is 0 Å². The highest BCUT2D eigenvalue weighted by atomic mass is 32.2. The predicted octanol–water partition coefficient (Wildman–Crippen LogP) is 0.227. The maximum Gasteiger partial charge on any atom is 0.240 e. The van der Waals surface area contributed by atoms with Gasteiger partial charge in [-0.15, -0.1) is 0 Å². The average molecular weight is 359 g/mol. The summed E-state index contributed by atoms with van der Waals surface area (Å²) >= 11 is 0. The van der Waals surface area contributed by atoms with Crippen LogP contribution in [0.15, 0.2) is 23.1 Å². The molecule has 24 heavy (non-hydrogen) atoms. The Balaban J connectivity index is 2.53. The average Bonchev–Trinajstić information content (AvgIpc) is 2.57. The Morgan fingerprint density at radius 2 is 1.83 bits per heavy atom. The molecule has 0 fully saturated rings. The Morgan fingerprint density at radius 3 is 2.46 bits per heavy atom. The minimum absolute atomic E-state index is 0.0133. The van der Waals surface area contributed by atoms with Crippen molar-refractivity contribution in [1.82, 2.24) is 10.0 Å². The fourth-order valence-corrected chi connectivity index (χ4v) is 3.00. The van der Waals surface area contributed by atoms with Crippen LogP contribution >= 0.6 is 0 Å². The standard InChI is InChI=1S/C15H25N3O5S/c1-22-13-6-5-12(11-14(13)23-2)24(20,21)18-10-7-15(19)17-9-4-3-8-16/h5-6,11,18H,3-4,7-10,16H2,1-2H3,(H,17,19). The molecular formula is C15H25N3O5S. The second-order valence-corrected chi connectivity index (χ2v) is 6.78. The van der Waals surface area contributed by atoms with Crippen molar-refractivity contribution < 1.29 is 22.7 Å². The number of methoxy groups -OCH3 is 2. The highest BCUT2D eigenvalue weighted by Gasteiger charge is 2.17.